The monoisotopic (exact) mass is 822 g/mol. The minimum Gasteiger partial charge on any atom is -0.494 e. The summed E-state index contributed by atoms with van der Waals surface area (Å²) in [5.41, 5.74) is 2.87. The zero-order chi connectivity index (χ0) is 42.3. The van der Waals surface area contributed by atoms with Crippen molar-refractivity contribution in [1.82, 2.24) is 0 Å². The summed E-state index contributed by atoms with van der Waals surface area (Å²) in [6, 6.07) is 24.6. The van der Waals surface area contributed by atoms with Gasteiger partial charge in [0.25, 0.3) is 0 Å². The van der Waals surface area contributed by atoms with Gasteiger partial charge in [-0.25, -0.2) is 8.42 Å². The van der Waals surface area contributed by atoms with Crippen LogP contribution in [-0.2, 0) is 32.3 Å². The lowest BCUT2D eigenvalue weighted by Gasteiger charge is -2.17. The van der Waals surface area contributed by atoms with Gasteiger partial charge in [-0.2, -0.15) is 0 Å². The molecule has 0 heterocycles. The van der Waals surface area contributed by atoms with Crippen molar-refractivity contribution in [2.75, 3.05) is 13.2 Å². The molecular weight excluding hydrogens is 761 g/mol. The van der Waals surface area contributed by atoms with E-state index >= 15 is 0 Å². The molecular formula is C50H62O8S. The van der Waals surface area contributed by atoms with E-state index in [-0.39, 0.29) is 9.79 Å². The van der Waals surface area contributed by atoms with Gasteiger partial charge in [0.05, 0.1) is 23.0 Å². The number of allylic oxidation sites excluding steroid dienone is 2. The van der Waals surface area contributed by atoms with Crippen molar-refractivity contribution >= 4 is 21.8 Å². The number of benzene rings is 4. The van der Waals surface area contributed by atoms with Crippen LogP contribution < -0.4 is 18.9 Å². The summed E-state index contributed by atoms with van der Waals surface area (Å²) in [6.45, 7) is 11.4. The highest BCUT2D eigenvalue weighted by molar-refractivity contribution is 7.91. The maximum atomic E-state index is 14.9. The van der Waals surface area contributed by atoms with Crippen molar-refractivity contribution in [2.45, 2.75) is 126 Å². The molecule has 0 atom stereocenters. The Kier molecular flexibility index (Phi) is 20.0. The van der Waals surface area contributed by atoms with Crippen molar-refractivity contribution in [2.24, 2.45) is 0 Å². The fraction of sp³-hybridized carbons (Fsp3) is 0.400. The number of esters is 2. The van der Waals surface area contributed by atoms with E-state index in [9.17, 15) is 18.0 Å². The molecule has 0 saturated heterocycles. The van der Waals surface area contributed by atoms with Gasteiger partial charge in [0.1, 0.15) is 23.0 Å². The molecule has 0 aliphatic heterocycles. The van der Waals surface area contributed by atoms with E-state index in [0.717, 1.165) is 62.5 Å². The summed E-state index contributed by atoms with van der Waals surface area (Å²) in [6.07, 6.45) is 20.0. The maximum absolute atomic E-state index is 14.9. The van der Waals surface area contributed by atoms with Crippen LogP contribution in [0.2, 0.25) is 0 Å². The van der Waals surface area contributed by atoms with E-state index in [0.29, 0.717) is 60.2 Å². The van der Waals surface area contributed by atoms with Gasteiger partial charge in [-0.1, -0.05) is 87.8 Å². The SMILES string of the molecule is C=CCCCCCCCCOc1ccc(S(=O)(=O)c2ccc(OCCCCCCCCC=C)cc2Cc2ccc(OC(C)=O)cc2)c(Cc2ccc(OC(C)=O)cc2)c1. The minimum atomic E-state index is -4.07. The third kappa shape index (κ3) is 16.6. The van der Waals surface area contributed by atoms with Crippen molar-refractivity contribution in [3.05, 3.63) is 132 Å². The number of sulfone groups is 1. The van der Waals surface area contributed by atoms with Crippen LogP contribution >= 0.6 is 0 Å². The Morgan fingerprint density at radius 1 is 0.492 bits per heavy atom. The van der Waals surface area contributed by atoms with E-state index in [4.69, 9.17) is 18.9 Å². The van der Waals surface area contributed by atoms with Gasteiger partial charge in [-0.3, -0.25) is 9.59 Å². The topological polar surface area (TPSA) is 105 Å². The lowest BCUT2D eigenvalue weighted by atomic mass is 10.0. The molecule has 0 N–H and O–H groups in total. The Balaban J connectivity index is 1.60. The Bertz CT molecular complexity index is 1890. The van der Waals surface area contributed by atoms with Crippen molar-refractivity contribution in [3.63, 3.8) is 0 Å². The highest BCUT2D eigenvalue weighted by atomic mass is 32.2. The maximum Gasteiger partial charge on any atom is 0.308 e. The zero-order valence-corrected chi connectivity index (χ0v) is 35.9. The number of ether oxygens (including phenoxy) is 4. The summed E-state index contributed by atoms with van der Waals surface area (Å²) >= 11 is 0. The van der Waals surface area contributed by atoms with Crippen LogP contribution in [0.4, 0.5) is 0 Å². The first-order valence-electron chi connectivity index (χ1n) is 21.1. The summed E-state index contributed by atoms with van der Waals surface area (Å²) in [4.78, 5) is 23.4. The molecule has 0 unspecified atom stereocenters. The van der Waals surface area contributed by atoms with Crippen LogP contribution in [-0.4, -0.2) is 33.6 Å². The van der Waals surface area contributed by atoms with Gasteiger partial charge in [-0.15, -0.1) is 13.2 Å². The van der Waals surface area contributed by atoms with Crippen LogP contribution in [0.3, 0.4) is 0 Å². The fourth-order valence-corrected chi connectivity index (χ4v) is 8.59. The van der Waals surface area contributed by atoms with Gasteiger partial charge in [-0.05, 0) is 134 Å². The number of carbonyl (C=O) groups is 2. The van der Waals surface area contributed by atoms with Gasteiger partial charge in [0, 0.05) is 13.8 Å². The smallest absolute Gasteiger partial charge is 0.308 e. The summed E-state index contributed by atoms with van der Waals surface area (Å²) in [7, 11) is -4.07. The summed E-state index contributed by atoms with van der Waals surface area (Å²) in [5, 5.41) is 0. The van der Waals surface area contributed by atoms with E-state index in [2.05, 4.69) is 13.2 Å². The molecule has 0 aromatic heterocycles. The second-order valence-corrected chi connectivity index (χ2v) is 16.9. The Morgan fingerprint density at radius 2 is 0.831 bits per heavy atom. The number of hydrogen-bond donors (Lipinski definition) is 0. The molecule has 59 heavy (non-hydrogen) atoms. The van der Waals surface area contributed by atoms with Crippen LogP contribution in [0.1, 0.15) is 126 Å². The molecule has 316 valence electrons. The molecule has 0 aliphatic carbocycles. The van der Waals surface area contributed by atoms with Gasteiger partial charge in [0.2, 0.25) is 9.84 Å². The molecule has 9 heteroatoms. The van der Waals surface area contributed by atoms with Gasteiger partial charge in [0.15, 0.2) is 0 Å². The lowest BCUT2D eigenvalue weighted by molar-refractivity contribution is -0.132. The molecule has 0 saturated carbocycles. The Labute approximate surface area is 352 Å². The molecule has 0 radical (unpaired) electrons. The summed E-state index contributed by atoms with van der Waals surface area (Å²) in [5.74, 6) is 1.21. The average molecular weight is 823 g/mol. The predicted molar refractivity (Wildman–Crippen MR) is 235 cm³/mol. The highest BCUT2D eigenvalue weighted by Gasteiger charge is 2.26. The highest BCUT2D eigenvalue weighted by Crippen LogP contribution is 2.34. The number of unbranched alkanes of at least 4 members (excludes halogenated alkanes) is 12. The summed E-state index contributed by atoms with van der Waals surface area (Å²) < 4.78 is 52.6. The minimum absolute atomic E-state index is 0.182. The van der Waals surface area contributed by atoms with E-state index in [1.807, 2.05) is 48.6 Å². The van der Waals surface area contributed by atoms with Gasteiger partial charge >= 0.3 is 11.9 Å². The van der Waals surface area contributed by atoms with Crippen molar-refractivity contribution < 1.29 is 37.0 Å². The molecule has 8 nitrogen and oxygen atoms in total. The third-order valence-electron chi connectivity index (χ3n) is 9.94. The lowest BCUT2D eigenvalue weighted by Crippen LogP contribution is -2.11. The molecule has 0 fully saturated rings. The van der Waals surface area contributed by atoms with E-state index in [1.54, 1.807) is 48.5 Å². The average Bonchev–Trinajstić information content (AvgIpc) is 3.21. The number of rotatable bonds is 28. The first-order valence-corrected chi connectivity index (χ1v) is 22.6. The quantitative estimate of drug-likeness (QED) is 0.0241. The molecule has 0 spiro atoms. The first-order chi connectivity index (χ1) is 28.6. The molecule has 0 amide bonds. The molecule has 4 aromatic rings. The van der Waals surface area contributed by atoms with Crippen molar-refractivity contribution in [3.8, 4) is 23.0 Å². The second kappa shape index (κ2) is 25.4. The molecule has 4 aromatic carbocycles. The largest absolute Gasteiger partial charge is 0.494 e. The molecule has 0 aliphatic rings. The standard InChI is InChI=1S/C50H62O8S/c1-5-7-9-11-13-15-17-19-33-55-47-29-31-49(43(37-47)35-41-21-25-45(26-22-41)57-39(3)51)59(53,54)50-32-30-48(56-34-20-18-16-14-12-10-8-6-2)38-44(50)36-42-23-27-46(28-24-42)58-40(4)52/h5-6,21-32,37-38H,1-2,7-20,33-36H2,3-4H3. The normalized spacial score (nSPS) is 11.2. The van der Waals surface area contributed by atoms with E-state index < -0.39 is 21.8 Å². The van der Waals surface area contributed by atoms with Crippen LogP contribution in [0.15, 0.2) is 120 Å². The number of carbonyl (C=O) groups excluding carboxylic acids is 2. The molecule has 4 rings (SSSR count). The number of hydrogen-bond acceptors (Lipinski definition) is 8. The Hall–Kier alpha value is -5.15. The van der Waals surface area contributed by atoms with Crippen molar-refractivity contribution in [1.29, 1.82) is 0 Å². The fourth-order valence-electron chi connectivity index (χ4n) is 6.91. The third-order valence-corrected chi connectivity index (χ3v) is 11.9. The van der Waals surface area contributed by atoms with Crippen LogP contribution in [0.5, 0.6) is 23.0 Å². The zero-order valence-electron chi connectivity index (χ0n) is 35.1. The second-order valence-electron chi connectivity index (χ2n) is 15.0. The van der Waals surface area contributed by atoms with Crippen LogP contribution in [0.25, 0.3) is 0 Å². The molecule has 0 bridgehead atoms. The van der Waals surface area contributed by atoms with Gasteiger partial charge < -0.3 is 18.9 Å². The first kappa shape index (κ1) is 46.5. The van der Waals surface area contributed by atoms with Crippen LogP contribution in [0, 0.1) is 0 Å². The Morgan fingerprint density at radius 3 is 1.19 bits per heavy atom. The predicted octanol–water partition coefficient (Wildman–Crippen LogP) is 12.1. The van der Waals surface area contributed by atoms with E-state index in [1.165, 1.54) is 52.4 Å².